The average molecular weight is 494 g/mol. The summed E-state index contributed by atoms with van der Waals surface area (Å²) in [5.74, 6) is 4.59. The van der Waals surface area contributed by atoms with Gasteiger partial charge in [0.1, 0.15) is 23.7 Å². The highest BCUT2D eigenvalue weighted by Gasteiger charge is 2.41. The molecule has 1 aliphatic rings. The van der Waals surface area contributed by atoms with Gasteiger partial charge in [-0.25, -0.2) is 32.8 Å². The molecule has 0 radical (unpaired) electrons. The molecule has 0 aliphatic carbocycles. The lowest BCUT2D eigenvalue weighted by molar-refractivity contribution is -0.129. The fourth-order valence-electron chi connectivity index (χ4n) is 4.52. The SMILES string of the molecule is C=CC(=O)N1C[C@@H](n2nc(C#Cc3cc4ncn(CC)c4cc3F)c3c(N)ncnc32)C[C@@H]1C(F)F. The molecular weight excluding hydrogens is 473 g/mol. The number of carbonyl (C=O) groups is 1. The fourth-order valence-corrected chi connectivity index (χ4v) is 4.52. The summed E-state index contributed by atoms with van der Waals surface area (Å²) < 4.78 is 45.4. The number of nitrogens with two attached hydrogens (primary N) is 1. The van der Waals surface area contributed by atoms with Crippen LogP contribution in [-0.2, 0) is 11.3 Å². The van der Waals surface area contributed by atoms with Crippen LogP contribution in [0.4, 0.5) is 19.0 Å². The van der Waals surface area contributed by atoms with Crippen molar-refractivity contribution in [1.29, 1.82) is 0 Å². The highest BCUT2D eigenvalue weighted by molar-refractivity contribution is 5.91. The highest BCUT2D eigenvalue weighted by atomic mass is 19.3. The summed E-state index contributed by atoms with van der Waals surface area (Å²) in [5.41, 5.74) is 7.90. The third-order valence-electron chi connectivity index (χ3n) is 6.30. The first kappa shape index (κ1) is 23.3. The highest BCUT2D eigenvalue weighted by Crippen LogP contribution is 2.34. The van der Waals surface area contributed by atoms with E-state index in [4.69, 9.17) is 5.73 Å². The van der Waals surface area contributed by atoms with E-state index in [9.17, 15) is 18.0 Å². The van der Waals surface area contributed by atoms with E-state index in [2.05, 4.69) is 38.5 Å². The Morgan fingerprint density at radius 3 is 2.83 bits per heavy atom. The number of rotatable bonds is 4. The average Bonchev–Trinajstić information content (AvgIpc) is 3.57. The molecule has 2 atom stereocenters. The first-order chi connectivity index (χ1) is 17.3. The maximum atomic E-state index is 14.8. The summed E-state index contributed by atoms with van der Waals surface area (Å²) in [7, 11) is 0. The first-order valence-electron chi connectivity index (χ1n) is 11.2. The van der Waals surface area contributed by atoms with Gasteiger partial charge in [-0.15, -0.1) is 0 Å². The molecule has 2 N–H and O–H groups in total. The quantitative estimate of drug-likeness (QED) is 0.345. The second kappa shape index (κ2) is 8.99. The number of hydrogen-bond donors (Lipinski definition) is 1. The number of aryl methyl sites for hydroxylation is 1. The van der Waals surface area contributed by atoms with Crippen LogP contribution in [0.2, 0.25) is 0 Å². The van der Waals surface area contributed by atoms with Crippen molar-refractivity contribution in [2.75, 3.05) is 12.3 Å². The zero-order valence-electron chi connectivity index (χ0n) is 19.2. The summed E-state index contributed by atoms with van der Waals surface area (Å²) in [5, 5.41) is 4.80. The van der Waals surface area contributed by atoms with Crippen LogP contribution in [-0.4, -0.2) is 59.1 Å². The molecule has 1 aliphatic heterocycles. The number of benzene rings is 1. The normalized spacial score (nSPS) is 17.6. The van der Waals surface area contributed by atoms with Crippen molar-refractivity contribution in [1.82, 2.24) is 34.2 Å². The van der Waals surface area contributed by atoms with Crippen molar-refractivity contribution in [3.8, 4) is 11.8 Å². The minimum absolute atomic E-state index is 0.0151. The molecule has 36 heavy (non-hydrogen) atoms. The zero-order valence-corrected chi connectivity index (χ0v) is 19.2. The number of nitrogen functional groups attached to an aromatic ring is 1. The molecule has 1 saturated heterocycles. The lowest BCUT2D eigenvalue weighted by Crippen LogP contribution is -2.38. The van der Waals surface area contributed by atoms with Crippen molar-refractivity contribution in [2.45, 2.75) is 38.4 Å². The van der Waals surface area contributed by atoms with Crippen LogP contribution in [0.5, 0.6) is 0 Å². The summed E-state index contributed by atoms with van der Waals surface area (Å²) >= 11 is 0. The summed E-state index contributed by atoms with van der Waals surface area (Å²) in [6, 6.07) is 1.02. The van der Waals surface area contributed by atoms with Gasteiger partial charge in [0, 0.05) is 19.2 Å². The van der Waals surface area contributed by atoms with E-state index in [1.165, 1.54) is 17.1 Å². The Labute approximate surface area is 203 Å². The standard InChI is InChI=1S/C24H21F3N8O/c1-3-20(36)34-10-14(8-19(34)22(26)27)35-24-21(23(28)29-11-30-24)16(32-35)6-5-13-7-17-18(9-15(13)25)33(4-2)12-31-17/h3,7,9,11-12,14,19,22H,1,4,8,10H2,2H3,(H2,28,29,30)/t14-,19+/m0/s1. The molecule has 0 bridgehead atoms. The van der Waals surface area contributed by atoms with E-state index >= 15 is 0 Å². The van der Waals surface area contributed by atoms with E-state index in [1.807, 2.05) is 11.5 Å². The van der Waals surface area contributed by atoms with Crippen molar-refractivity contribution < 1.29 is 18.0 Å². The zero-order chi connectivity index (χ0) is 25.6. The number of imidazole rings is 1. The molecule has 0 unspecified atom stereocenters. The van der Waals surface area contributed by atoms with Crippen LogP contribution >= 0.6 is 0 Å². The molecule has 3 aromatic heterocycles. The maximum absolute atomic E-state index is 14.8. The molecule has 9 nitrogen and oxygen atoms in total. The van der Waals surface area contributed by atoms with Crippen LogP contribution in [0.25, 0.3) is 22.1 Å². The largest absolute Gasteiger partial charge is 0.383 e. The lowest BCUT2D eigenvalue weighted by Gasteiger charge is -2.21. The number of nitrogens with zero attached hydrogens (tertiary/aromatic N) is 7. The number of fused-ring (bicyclic) bond motifs is 2. The summed E-state index contributed by atoms with van der Waals surface area (Å²) in [4.78, 5) is 25.8. The molecule has 12 heteroatoms. The lowest BCUT2D eigenvalue weighted by atomic mass is 10.1. The van der Waals surface area contributed by atoms with E-state index in [0.717, 1.165) is 11.0 Å². The van der Waals surface area contributed by atoms with Crippen LogP contribution in [0.1, 0.15) is 30.6 Å². The second-order valence-corrected chi connectivity index (χ2v) is 8.34. The Bertz CT molecular complexity index is 1560. The molecule has 1 fully saturated rings. The van der Waals surface area contributed by atoms with Gasteiger partial charge in [-0.1, -0.05) is 12.5 Å². The van der Waals surface area contributed by atoms with Gasteiger partial charge in [-0.05, 0) is 31.4 Å². The number of aromatic nitrogens is 6. The number of carbonyl (C=O) groups excluding carboxylic acids is 1. The molecule has 4 heterocycles. The van der Waals surface area contributed by atoms with E-state index in [0.29, 0.717) is 23.0 Å². The maximum Gasteiger partial charge on any atom is 0.258 e. The van der Waals surface area contributed by atoms with Gasteiger partial charge in [-0.3, -0.25) is 4.79 Å². The van der Waals surface area contributed by atoms with Crippen molar-refractivity contribution in [3.63, 3.8) is 0 Å². The van der Waals surface area contributed by atoms with E-state index in [-0.39, 0.29) is 35.7 Å². The van der Waals surface area contributed by atoms with Gasteiger partial charge in [-0.2, -0.15) is 5.10 Å². The predicted molar refractivity (Wildman–Crippen MR) is 126 cm³/mol. The number of likely N-dealkylation sites (tertiary alicyclic amines) is 1. The Kier molecular flexibility index (Phi) is 5.83. The molecule has 1 aromatic carbocycles. The fraction of sp³-hybridized carbons (Fsp3) is 0.292. The van der Waals surface area contributed by atoms with Crippen molar-refractivity contribution >= 4 is 33.8 Å². The monoisotopic (exact) mass is 494 g/mol. The first-order valence-corrected chi connectivity index (χ1v) is 11.2. The number of alkyl halides is 2. The number of hydrogen-bond acceptors (Lipinski definition) is 6. The van der Waals surface area contributed by atoms with Crippen LogP contribution in [0.15, 0.2) is 37.4 Å². The Balaban J connectivity index is 1.57. The Morgan fingerprint density at radius 1 is 1.31 bits per heavy atom. The van der Waals surface area contributed by atoms with Crippen LogP contribution < -0.4 is 5.73 Å². The minimum atomic E-state index is -2.74. The number of anilines is 1. The Hall–Kier alpha value is -4.40. The summed E-state index contributed by atoms with van der Waals surface area (Å²) in [6.07, 6.45) is 1.08. The molecule has 1 amide bonds. The molecule has 0 saturated carbocycles. The molecule has 184 valence electrons. The van der Waals surface area contributed by atoms with E-state index in [1.54, 1.807) is 12.4 Å². The van der Waals surface area contributed by atoms with Crippen molar-refractivity contribution in [3.05, 3.63) is 54.5 Å². The smallest absolute Gasteiger partial charge is 0.258 e. The minimum Gasteiger partial charge on any atom is -0.383 e. The third kappa shape index (κ3) is 3.82. The topological polar surface area (TPSA) is 108 Å². The van der Waals surface area contributed by atoms with Gasteiger partial charge >= 0.3 is 0 Å². The van der Waals surface area contributed by atoms with Gasteiger partial charge in [0.15, 0.2) is 5.65 Å². The van der Waals surface area contributed by atoms with Crippen LogP contribution in [0.3, 0.4) is 0 Å². The number of amides is 1. The van der Waals surface area contributed by atoms with Gasteiger partial charge < -0.3 is 15.2 Å². The third-order valence-corrected chi connectivity index (χ3v) is 6.30. The number of halogens is 3. The molecule has 4 aromatic rings. The Morgan fingerprint density at radius 2 is 2.11 bits per heavy atom. The summed E-state index contributed by atoms with van der Waals surface area (Å²) in [6.45, 7) is 5.96. The molecular formula is C24H21F3N8O. The van der Waals surface area contributed by atoms with Gasteiger partial charge in [0.25, 0.3) is 6.43 Å². The van der Waals surface area contributed by atoms with Crippen LogP contribution in [0, 0.1) is 17.7 Å². The molecule has 5 rings (SSSR count). The molecule has 0 spiro atoms. The predicted octanol–water partition coefficient (Wildman–Crippen LogP) is 2.91. The van der Waals surface area contributed by atoms with Crippen molar-refractivity contribution in [2.24, 2.45) is 0 Å². The van der Waals surface area contributed by atoms with Gasteiger partial charge in [0.05, 0.1) is 40.4 Å². The second-order valence-electron chi connectivity index (χ2n) is 8.34. The van der Waals surface area contributed by atoms with Gasteiger partial charge in [0.2, 0.25) is 5.91 Å². The van der Waals surface area contributed by atoms with E-state index < -0.39 is 30.2 Å².